The van der Waals surface area contributed by atoms with Gasteiger partial charge in [-0.15, -0.1) is 0 Å². The highest BCUT2D eigenvalue weighted by atomic mass is 35.5. The Morgan fingerprint density at radius 2 is 2.00 bits per heavy atom. The van der Waals surface area contributed by atoms with Gasteiger partial charge in [-0.3, -0.25) is 9.11 Å². The summed E-state index contributed by atoms with van der Waals surface area (Å²) in [5.41, 5.74) is 0.726. The number of pyridine rings is 1. The van der Waals surface area contributed by atoms with Crippen LogP contribution in [0.25, 0.3) is 0 Å². The van der Waals surface area contributed by atoms with Crippen molar-refractivity contribution in [3.63, 3.8) is 0 Å². The largest absolute Gasteiger partial charge is 0.495 e. The molecule has 1 fully saturated rings. The fourth-order valence-corrected chi connectivity index (χ4v) is 4.73. The highest BCUT2D eigenvalue weighted by molar-refractivity contribution is 8.21. The van der Waals surface area contributed by atoms with Gasteiger partial charge >= 0.3 is 0 Å². The standard InChI is InChI=1S/C15H17Cl2N3O3S/c1-15(10-4-6-13(17)18-8-10)14(19-24(21,22)20-15)9-3-5-11(16)12(7-9)23-2/h3-8,14,19-22H,1-2H3/t14-,15+/m1/s1. The van der Waals surface area contributed by atoms with Crippen LogP contribution in [-0.4, -0.2) is 21.2 Å². The molecular weight excluding hydrogens is 373 g/mol. The third kappa shape index (κ3) is 3.21. The molecule has 2 aromatic rings. The van der Waals surface area contributed by atoms with Crippen LogP contribution in [0.1, 0.15) is 24.1 Å². The van der Waals surface area contributed by atoms with E-state index in [1.54, 1.807) is 30.5 Å². The van der Waals surface area contributed by atoms with Gasteiger partial charge in [0.25, 0.3) is 0 Å². The summed E-state index contributed by atoms with van der Waals surface area (Å²) in [7, 11) is -1.64. The van der Waals surface area contributed by atoms with Crippen LogP contribution in [0.5, 0.6) is 5.75 Å². The van der Waals surface area contributed by atoms with E-state index in [0.717, 1.165) is 11.1 Å². The molecule has 2 atom stereocenters. The second kappa shape index (κ2) is 6.34. The minimum atomic E-state index is -3.17. The number of halogens is 2. The Morgan fingerprint density at radius 3 is 2.62 bits per heavy atom. The third-order valence-electron chi connectivity index (χ3n) is 4.05. The van der Waals surface area contributed by atoms with E-state index in [1.165, 1.54) is 7.11 Å². The van der Waals surface area contributed by atoms with Gasteiger partial charge in [-0.1, -0.05) is 46.3 Å². The van der Waals surface area contributed by atoms with Gasteiger partial charge in [0.2, 0.25) is 0 Å². The zero-order valence-corrected chi connectivity index (χ0v) is 15.3. The molecule has 130 valence electrons. The van der Waals surface area contributed by atoms with Gasteiger partial charge in [-0.05, 0) is 36.2 Å². The lowest BCUT2D eigenvalue weighted by Gasteiger charge is -2.31. The number of benzene rings is 1. The maximum absolute atomic E-state index is 10.2. The maximum Gasteiger partial charge on any atom is 0.137 e. The number of rotatable bonds is 3. The Labute approximate surface area is 151 Å². The number of nitrogens with one attached hydrogen (secondary N) is 2. The summed E-state index contributed by atoms with van der Waals surface area (Å²) in [6.07, 6.45) is 1.61. The van der Waals surface area contributed by atoms with Crippen LogP contribution in [-0.2, 0) is 5.54 Å². The highest BCUT2D eigenvalue weighted by Crippen LogP contribution is 2.52. The normalized spacial score (nSPS) is 27.0. The Morgan fingerprint density at radius 1 is 1.25 bits per heavy atom. The molecule has 6 nitrogen and oxygen atoms in total. The van der Waals surface area contributed by atoms with Crippen LogP contribution in [0, 0.1) is 0 Å². The van der Waals surface area contributed by atoms with E-state index in [0.29, 0.717) is 15.9 Å². The molecule has 1 aromatic carbocycles. The van der Waals surface area contributed by atoms with Crippen molar-refractivity contribution >= 4 is 34.2 Å². The SMILES string of the molecule is COc1cc([C@H]2NS(O)(O)N[C@@]2(C)c2ccc(Cl)nc2)ccc1Cl. The molecule has 9 heteroatoms. The number of aromatic nitrogens is 1. The van der Waals surface area contributed by atoms with Crippen LogP contribution in [0.2, 0.25) is 10.2 Å². The van der Waals surface area contributed by atoms with Gasteiger partial charge in [0.1, 0.15) is 10.9 Å². The summed E-state index contributed by atoms with van der Waals surface area (Å²) in [5, 5.41) is 0.846. The van der Waals surface area contributed by atoms with Gasteiger partial charge < -0.3 is 4.74 Å². The highest BCUT2D eigenvalue weighted by Gasteiger charge is 2.48. The van der Waals surface area contributed by atoms with E-state index in [2.05, 4.69) is 14.4 Å². The summed E-state index contributed by atoms with van der Waals surface area (Å²) in [5.74, 6) is 0.510. The maximum atomic E-state index is 10.2. The van der Waals surface area contributed by atoms with Crippen LogP contribution >= 0.6 is 34.2 Å². The lowest BCUT2D eigenvalue weighted by molar-refractivity contribution is 0.372. The van der Waals surface area contributed by atoms with Crippen molar-refractivity contribution in [3.8, 4) is 5.75 Å². The molecule has 2 heterocycles. The zero-order valence-electron chi connectivity index (χ0n) is 13.0. The molecule has 1 aromatic heterocycles. The van der Waals surface area contributed by atoms with Crippen molar-refractivity contribution in [2.45, 2.75) is 18.5 Å². The van der Waals surface area contributed by atoms with Crippen LogP contribution in [0.3, 0.4) is 0 Å². The first-order valence-corrected chi connectivity index (χ1v) is 9.35. The van der Waals surface area contributed by atoms with Crippen molar-refractivity contribution in [1.82, 2.24) is 14.4 Å². The lowest BCUT2D eigenvalue weighted by atomic mass is 9.83. The number of nitrogens with zero attached hydrogens (tertiary/aromatic N) is 1. The molecule has 1 saturated heterocycles. The second-order valence-corrected chi connectivity index (χ2v) is 8.00. The quantitative estimate of drug-likeness (QED) is 0.590. The minimum Gasteiger partial charge on any atom is -0.495 e. The van der Waals surface area contributed by atoms with E-state index in [9.17, 15) is 9.11 Å². The average molecular weight is 390 g/mol. The summed E-state index contributed by atoms with van der Waals surface area (Å²) in [6, 6.07) is 8.30. The summed E-state index contributed by atoms with van der Waals surface area (Å²) >= 11 is 11.9. The van der Waals surface area contributed by atoms with Crippen molar-refractivity contribution in [2.75, 3.05) is 7.11 Å². The molecule has 0 amide bonds. The third-order valence-corrected chi connectivity index (χ3v) is 5.86. The average Bonchev–Trinajstić information content (AvgIpc) is 2.79. The van der Waals surface area contributed by atoms with E-state index in [4.69, 9.17) is 27.9 Å². The molecule has 1 aliphatic heterocycles. The Balaban J connectivity index is 2.08. The Kier molecular flexibility index (Phi) is 4.69. The summed E-state index contributed by atoms with van der Waals surface area (Å²) in [6.45, 7) is 1.86. The minimum absolute atomic E-state index is 0.365. The molecule has 0 radical (unpaired) electrons. The topological polar surface area (TPSA) is 86.6 Å². The van der Waals surface area contributed by atoms with Gasteiger partial charge in [0, 0.05) is 6.20 Å². The molecule has 0 spiro atoms. The zero-order chi connectivity index (χ0) is 17.5. The predicted octanol–water partition coefficient (Wildman–Crippen LogP) is 4.13. The molecule has 0 unspecified atom stereocenters. The van der Waals surface area contributed by atoms with Gasteiger partial charge in [-0.25, -0.2) is 4.98 Å². The number of methoxy groups -OCH3 is 1. The van der Waals surface area contributed by atoms with Crippen LogP contribution < -0.4 is 14.2 Å². The first-order chi connectivity index (χ1) is 11.2. The van der Waals surface area contributed by atoms with E-state index in [1.807, 2.05) is 13.0 Å². The van der Waals surface area contributed by atoms with Gasteiger partial charge in [0.15, 0.2) is 0 Å². The lowest BCUT2D eigenvalue weighted by Crippen LogP contribution is -2.38. The Hall–Kier alpha value is -1.06. The van der Waals surface area contributed by atoms with Crippen molar-refractivity contribution in [3.05, 3.63) is 57.8 Å². The summed E-state index contributed by atoms with van der Waals surface area (Å²) in [4.78, 5) is 4.09. The van der Waals surface area contributed by atoms with Crippen LogP contribution in [0.15, 0.2) is 36.5 Å². The molecule has 0 bridgehead atoms. The molecule has 24 heavy (non-hydrogen) atoms. The van der Waals surface area contributed by atoms with Gasteiger partial charge in [0.05, 0.1) is 23.7 Å². The molecule has 1 aliphatic rings. The molecular formula is C15H17Cl2N3O3S. The monoisotopic (exact) mass is 389 g/mol. The first kappa shape index (κ1) is 17.8. The Bertz CT molecular complexity index is 760. The molecule has 0 aliphatic carbocycles. The van der Waals surface area contributed by atoms with Gasteiger partial charge in [-0.2, -0.15) is 9.44 Å². The smallest absolute Gasteiger partial charge is 0.137 e. The fraction of sp³-hybridized carbons (Fsp3) is 0.267. The van der Waals surface area contributed by atoms with Crippen molar-refractivity contribution < 1.29 is 13.8 Å². The molecule has 0 saturated carbocycles. The second-order valence-electron chi connectivity index (χ2n) is 5.67. The van der Waals surface area contributed by atoms with E-state index in [-0.39, 0.29) is 0 Å². The predicted molar refractivity (Wildman–Crippen MR) is 96.5 cm³/mol. The molecule has 4 N–H and O–H groups in total. The van der Waals surface area contributed by atoms with E-state index >= 15 is 0 Å². The van der Waals surface area contributed by atoms with Crippen molar-refractivity contribution in [2.24, 2.45) is 0 Å². The van der Waals surface area contributed by atoms with E-state index < -0.39 is 22.5 Å². The first-order valence-electron chi connectivity index (χ1n) is 7.05. The summed E-state index contributed by atoms with van der Waals surface area (Å²) < 4.78 is 31.3. The molecule has 3 rings (SSSR count). The number of hydrogen-bond acceptors (Lipinski definition) is 6. The number of ether oxygens (including phenoxy) is 1. The fourth-order valence-electron chi connectivity index (χ4n) is 2.83. The van der Waals surface area contributed by atoms with Crippen LogP contribution in [0.4, 0.5) is 0 Å². The number of hydrogen-bond donors (Lipinski definition) is 4. The van der Waals surface area contributed by atoms with Crippen molar-refractivity contribution in [1.29, 1.82) is 0 Å².